The molecule has 0 spiro atoms. The lowest BCUT2D eigenvalue weighted by atomic mass is 10.1. The molecule has 21 heavy (non-hydrogen) atoms. The summed E-state index contributed by atoms with van der Waals surface area (Å²) in [6, 6.07) is 1.43. The maximum absolute atomic E-state index is 11.8. The summed E-state index contributed by atoms with van der Waals surface area (Å²) in [5.74, 6) is 0.0860. The lowest BCUT2D eigenvalue weighted by molar-refractivity contribution is -0.0524. The summed E-state index contributed by atoms with van der Waals surface area (Å²) in [7, 11) is -1.77. The summed E-state index contributed by atoms with van der Waals surface area (Å²) in [4.78, 5) is 15.4. The van der Waals surface area contributed by atoms with Crippen LogP contribution in [0.4, 0.5) is 5.82 Å². The summed E-state index contributed by atoms with van der Waals surface area (Å²) in [6.45, 7) is 6.20. The van der Waals surface area contributed by atoms with Gasteiger partial charge >= 0.3 is 5.69 Å². The van der Waals surface area contributed by atoms with Gasteiger partial charge < -0.3 is 25.1 Å². The van der Waals surface area contributed by atoms with Gasteiger partial charge in [0.15, 0.2) is 14.5 Å². The molecule has 9 heteroatoms. The van der Waals surface area contributed by atoms with E-state index in [9.17, 15) is 15.0 Å². The molecule has 0 bridgehead atoms. The summed E-state index contributed by atoms with van der Waals surface area (Å²) in [5, 5.41) is 20.1. The first kappa shape index (κ1) is 16.1. The summed E-state index contributed by atoms with van der Waals surface area (Å²) in [5.41, 5.74) is 4.78. The van der Waals surface area contributed by atoms with E-state index in [-0.39, 0.29) is 12.4 Å². The molecule has 4 unspecified atom stereocenters. The highest BCUT2D eigenvalue weighted by molar-refractivity contribution is 6.69. The first-order chi connectivity index (χ1) is 9.69. The number of ether oxygens (including phenoxy) is 1. The van der Waals surface area contributed by atoms with Gasteiger partial charge in [-0.05, 0) is 25.7 Å². The Bertz CT molecular complexity index is 559. The number of aromatic nitrogens is 2. The molecular weight excluding hydrogens is 294 g/mol. The molecule has 118 valence electrons. The van der Waals surface area contributed by atoms with E-state index in [1.165, 1.54) is 12.3 Å². The molecule has 0 amide bonds. The molecule has 4 atom stereocenters. The molecule has 4 N–H and O–H groups in total. The van der Waals surface area contributed by atoms with E-state index in [0.29, 0.717) is 0 Å². The first-order valence-corrected chi connectivity index (χ1v) is 10.1. The molecule has 8 nitrogen and oxygen atoms in total. The van der Waals surface area contributed by atoms with Gasteiger partial charge in [0.25, 0.3) is 0 Å². The van der Waals surface area contributed by atoms with E-state index in [2.05, 4.69) is 4.98 Å². The van der Waals surface area contributed by atoms with E-state index in [1.807, 2.05) is 19.6 Å². The highest BCUT2D eigenvalue weighted by Crippen LogP contribution is 2.29. The molecule has 1 aliphatic heterocycles. The van der Waals surface area contributed by atoms with Crippen molar-refractivity contribution < 1.29 is 19.4 Å². The predicted molar refractivity (Wildman–Crippen MR) is 78.1 cm³/mol. The van der Waals surface area contributed by atoms with Gasteiger partial charge in [-0.15, -0.1) is 0 Å². The Kier molecular flexibility index (Phi) is 4.49. The molecule has 1 fully saturated rings. The summed E-state index contributed by atoms with van der Waals surface area (Å²) >= 11 is 0. The highest BCUT2D eigenvalue weighted by atomic mass is 28.4. The van der Waals surface area contributed by atoms with Crippen LogP contribution in [0.1, 0.15) is 6.23 Å². The molecule has 1 aliphatic rings. The van der Waals surface area contributed by atoms with E-state index in [0.717, 1.165) is 4.57 Å². The van der Waals surface area contributed by atoms with Crippen LogP contribution < -0.4 is 11.4 Å². The van der Waals surface area contributed by atoms with Crippen LogP contribution in [0.2, 0.25) is 19.6 Å². The lowest BCUT2D eigenvalue weighted by Gasteiger charge is -2.22. The number of rotatable bonds is 4. The summed E-state index contributed by atoms with van der Waals surface area (Å²) < 4.78 is 12.4. The third kappa shape index (κ3) is 3.69. The van der Waals surface area contributed by atoms with Crippen LogP contribution in [0.5, 0.6) is 0 Å². The fraction of sp³-hybridized carbons (Fsp3) is 0.667. The monoisotopic (exact) mass is 315 g/mol. The van der Waals surface area contributed by atoms with Crippen molar-refractivity contribution in [1.29, 1.82) is 0 Å². The molecule has 0 aliphatic carbocycles. The van der Waals surface area contributed by atoms with Crippen LogP contribution in [0.3, 0.4) is 0 Å². The number of aliphatic hydroxyl groups is 2. The lowest BCUT2D eigenvalue weighted by Crippen LogP contribution is -2.38. The second-order valence-electron chi connectivity index (χ2n) is 6.01. The standard InChI is InChI=1S/C12H21N3O5Si/c1-21(2,3)19-6-7-9(16)10(17)11(20-7)15-5-4-8(13)14-12(15)18/h4-5,7,9-11,16-17H,6H2,1-3H3,(H2,13,14,18). The van der Waals surface area contributed by atoms with Crippen LogP contribution in [0, 0.1) is 0 Å². The van der Waals surface area contributed by atoms with Gasteiger partial charge in [0, 0.05) is 6.20 Å². The van der Waals surface area contributed by atoms with Gasteiger partial charge in [-0.1, -0.05) is 0 Å². The molecule has 0 aromatic carbocycles. The highest BCUT2D eigenvalue weighted by Gasteiger charge is 2.44. The van der Waals surface area contributed by atoms with Crippen LogP contribution >= 0.6 is 0 Å². The Morgan fingerprint density at radius 3 is 2.67 bits per heavy atom. The zero-order chi connectivity index (χ0) is 15.8. The fourth-order valence-electron chi connectivity index (χ4n) is 2.05. The number of nitrogens with two attached hydrogens (primary N) is 1. The Labute approximate surface area is 123 Å². The van der Waals surface area contributed by atoms with Crippen molar-refractivity contribution in [2.24, 2.45) is 0 Å². The molecule has 1 aromatic rings. The average Bonchev–Trinajstić information content (AvgIpc) is 2.64. The van der Waals surface area contributed by atoms with Crippen molar-refractivity contribution in [3.05, 3.63) is 22.7 Å². The van der Waals surface area contributed by atoms with Crippen molar-refractivity contribution in [2.75, 3.05) is 12.3 Å². The van der Waals surface area contributed by atoms with Gasteiger partial charge in [0.05, 0.1) is 6.61 Å². The molecule has 0 radical (unpaired) electrons. The third-order valence-corrected chi connectivity index (χ3v) is 4.18. The van der Waals surface area contributed by atoms with E-state index < -0.39 is 38.5 Å². The van der Waals surface area contributed by atoms with Crippen LogP contribution in [0.25, 0.3) is 0 Å². The topological polar surface area (TPSA) is 120 Å². The number of nitrogens with zero attached hydrogens (tertiary/aromatic N) is 2. The molecule has 1 saturated heterocycles. The molecule has 1 aromatic heterocycles. The van der Waals surface area contributed by atoms with Crippen LogP contribution in [0.15, 0.2) is 17.1 Å². The molecule has 2 rings (SSSR count). The second kappa shape index (κ2) is 5.85. The number of hydrogen-bond acceptors (Lipinski definition) is 7. The Morgan fingerprint density at radius 2 is 2.10 bits per heavy atom. The minimum atomic E-state index is -1.77. The van der Waals surface area contributed by atoms with Crippen molar-refractivity contribution >= 4 is 14.1 Å². The summed E-state index contributed by atoms with van der Waals surface area (Å²) in [6.07, 6.45) is -2.68. The first-order valence-electron chi connectivity index (χ1n) is 6.69. The van der Waals surface area contributed by atoms with E-state index >= 15 is 0 Å². The van der Waals surface area contributed by atoms with Crippen molar-refractivity contribution in [3.8, 4) is 0 Å². The molecule has 0 saturated carbocycles. The van der Waals surface area contributed by atoms with Crippen LogP contribution in [-0.2, 0) is 9.16 Å². The quantitative estimate of drug-likeness (QED) is 0.628. The predicted octanol–water partition coefficient (Wildman–Crippen LogP) is -0.704. The molecule has 2 heterocycles. The van der Waals surface area contributed by atoms with Gasteiger partial charge in [-0.3, -0.25) is 4.57 Å². The SMILES string of the molecule is C[Si](C)(C)OCC1OC(n2ccc(N)nc2=O)C(O)C1O. The maximum Gasteiger partial charge on any atom is 0.351 e. The Hall–Kier alpha value is -1.26. The molecular formula is C12H21N3O5Si. The Balaban J connectivity index is 2.14. The van der Waals surface area contributed by atoms with E-state index in [4.69, 9.17) is 14.9 Å². The van der Waals surface area contributed by atoms with Gasteiger partial charge in [0.2, 0.25) is 0 Å². The number of hydrogen-bond donors (Lipinski definition) is 3. The Morgan fingerprint density at radius 1 is 1.43 bits per heavy atom. The largest absolute Gasteiger partial charge is 0.415 e. The number of aliphatic hydroxyl groups excluding tert-OH is 2. The maximum atomic E-state index is 11.8. The third-order valence-electron chi connectivity index (χ3n) is 3.14. The van der Waals surface area contributed by atoms with Crippen molar-refractivity contribution in [2.45, 2.75) is 44.2 Å². The van der Waals surface area contributed by atoms with Gasteiger partial charge in [-0.25, -0.2) is 4.79 Å². The zero-order valence-electron chi connectivity index (χ0n) is 12.3. The van der Waals surface area contributed by atoms with Gasteiger partial charge in [-0.2, -0.15) is 4.98 Å². The zero-order valence-corrected chi connectivity index (χ0v) is 13.3. The average molecular weight is 315 g/mol. The normalized spacial score (nSPS) is 29.8. The van der Waals surface area contributed by atoms with Gasteiger partial charge in [0.1, 0.15) is 24.1 Å². The number of nitrogen functional groups attached to an aromatic ring is 1. The van der Waals surface area contributed by atoms with E-state index in [1.54, 1.807) is 0 Å². The van der Waals surface area contributed by atoms with Crippen LogP contribution in [-0.4, -0.2) is 53.0 Å². The minimum Gasteiger partial charge on any atom is -0.415 e. The van der Waals surface area contributed by atoms with Crippen molar-refractivity contribution in [1.82, 2.24) is 9.55 Å². The second-order valence-corrected chi connectivity index (χ2v) is 10.5. The smallest absolute Gasteiger partial charge is 0.351 e. The number of anilines is 1. The fourth-order valence-corrected chi connectivity index (χ4v) is 2.71. The minimum absolute atomic E-state index is 0.0860. The van der Waals surface area contributed by atoms with Crippen molar-refractivity contribution in [3.63, 3.8) is 0 Å².